The Kier molecular flexibility index (Phi) is 5.30. The number of hydrogen-bond acceptors (Lipinski definition) is 3. The number of benzene rings is 2. The third-order valence-corrected chi connectivity index (χ3v) is 4.07. The highest BCUT2D eigenvalue weighted by Crippen LogP contribution is 2.28. The van der Waals surface area contributed by atoms with Gasteiger partial charge in [0.25, 0.3) is 5.91 Å². The number of likely N-dealkylation sites (N-methyl/N-ethyl adjacent to an activating group) is 1. The normalized spacial score (nSPS) is 14.4. The van der Waals surface area contributed by atoms with Crippen molar-refractivity contribution in [1.29, 1.82) is 0 Å². The summed E-state index contributed by atoms with van der Waals surface area (Å²) in [5, 5.41) is 2.79. The maximum atomic E-state index is 12.6. The van der Waals surface area contributed by atoms with Crippen LogP contribution >= 0.6 is 0 Å². The quantitative estimate of drug-likeness (QED) is 0.808. The zero-order valence-corrected chi connectivity index (χ0v) is 14.2. The van der Waals surface area contributed by atoms with Crippen LogP contribution in [0.1, 0.15) is 0 Å². The highest BCUT2D eigenvalue weighted by molar-refractivity contribution is 6.10. The molecule has 25 heavy (non-hydrogen) atoms. The Labute approximate surface area is 147 Å². The van der Waals surface area contributed by atoms with E-state index in [1.807, 2.05) is 55.6 Å². The largest absolute Gasteiger partial charge is 0.488 e. The van der Waals surface area contributed by atoms with Crippen molar-refractivity contribution in [1.82, 2.24) is 0 Å². The van der Waals surface area contributed by atoms with Gasteiger partial charge in [0.1, 0.15) is 25.4 Å². The summed E-state index contributed by atoms with van der Waals surface area (Å²) in [5.41, 5.74) is 1.43. The van der Waals surface area contributed by atoms with Crippen molar-refractivity contribution in [3.8, 4) is 5.75 Å². The fourth-order valence-electron chi connectivity index (χ4n) is 2.76. The molecule has 0 saturated heterocycles. The Morgan fingerprint density at radius 3 is 2.68 bits per heavy atom. The van der Waals surface area contributed by atoms with Gasteiger partial charge in [-0.15, -0.1) is 0 Å². The number of carbonyl (C=O) groups excluding carboxylic acids is 2. The third kappa shape index (κ3) is 4.36. The van der Waals surface area contributed by atoms with E-state index in [2.05, 4.69) is 5.32 Å². The highest BCUT2D eigenvalue weighted by Gasteiger charge is 2.28. The average molecular weight is 340 g/mol. The maximum absolute atomic E-state index is 12.6. The van der Waals surface area contributed by atoms with E-state index in [-0.39, 0.29) is 18.4 Å². The fraction of sp³-hybridized carbons (Fsp3) is 0.263. The fourth-order valence-corrected chi connectivity index (χ4v) is 2.76. The number of nitrogens with zero attached hydrogens (tertiary/aromatic N) is 1. The van der Waals surface area contributed by atoms with Crippen LogP contribution in [0.15, 0.2) is 54.6 Å². The summed E-state index contributed by atoms with van der Waals surface area (Å²) >= 11 is 0. The number of amides is 2. The second-order valence-electron chi connectivity index (χ2n) is 6.09. The molecule has 6 heteroatoms. The molecule has 0 fully saturated rings. The Morgan fingerprint density at radius 1 is 1.16 bits per heavy atom. The lowest BCUT2D eigenvalue weighted by molar-refractivity contribution is -0.871. The van der Waals surface area contributed by atoms with Crippen molar-refractivity contribution >= 4 is 23.2 Å². The number of rotatable bonds is 6. The number of nitrogens with one attached hydrogen (secondary N) is 2. The summed E-state index contributed by atoms with van der Waals surface area (Å²) in [6.45, 7) is 1.59. The molecule has 1 unspecified atom stereocenters. The van der Waals surface area contributed by atoms with Crippen LogP contribution in [-0.4, -0.2) is 45.1 Å². The monoisotopic (exact) mass is 340 g/mol. The van der Waals surface area contributed by atoms with Gasteiger partial charge in [-0.3, -0.25) is 14.5 Å². The standard InChI is InChI=1S/C19H21N3O3/c1-21(11-12-25-15-7-3-2-4-8-15)14-19(24)22-13-18(23)20-16-9-5-6-10-17(16)22/h2-10H,11-14H2,1H3,(H,20,23)/p+1. The summed E-state index contributed by atoms with van der Waals surface area (Å²) in [5.74, 6) is 0.583. The van der Waals surface area contributed by atoms with E-state index in [1.165, 1.54) is 0 Å². The molecular formula is C19H22N3O3+. The number of quaternary nitrogens is 1. The lowest BCUT2D eigenvalue weighted by Crippen LogP contribution is -3.10. The van der Waals surface area contributed by atoms with Gasteiger partial charge in [0.2, 0.25) is 5.91 Å². The van der Waals surface area contributed by atoms with Crippen molar-refractivity contribution in [2.24, 2.45) is 0 Å². The zero-order valence-electron chi connectivity index (χ0n) is 14.2. The van der Waals surface area contributed by atoms with E-state index in [4.69, 9.17) is 4.74 Å². The first-order chi connectivity index (χ1) is 12.1. The first-order valence-corrected chi connectivity index (χ1v) is 8.32. The molecule has 130 valence electrons. The number of ether oxygens (including phenoxy) is 1. The number of fused-ring (bicyclic) bond motifs is 1. The summed E-state index contributed by atoms with van der Waals surface area (Å²) in [4.78, 5) is 27.0. The summed E-state index contributed by atoms with van der Waals surface area (Å²) < 4.78 is 5.67. The molecule has 2 aromatic carbocycles. The maximum Gasteiger partial charge on any atom is 0.282 e. The Hall–Kier alpha value is -2.86. The summed E-state index contributed by atoms with van der Waals surface area (Å²) in [7, 11) is 1.95. The molecule has 0 aromatic heterocycles. The Balaban J connectivity index is 1.54. The van der Waals surface area contributed by atoms with Gasteiger partial charge >= 0.3 is 0 Å². The number of carbonyl (C=O) groups is 2. The molecule has 1 aliphatic rings. The van der Waals surface area contributed by atoms with E-state index in [0.29, 0.717) is 25.4 Å². The van der Waals surface area contributed by atoms with Gasteiger partial charge in [-0.2, -0.15) is 0 Å². The van der Waals surface area contributed by atoms with Crippen molar-refractivity contribution in [2.45, 2.75) is 0 Å². The van der Waals surface area contributed by atoms with Gasteiger partial charge in [-0.25, -0.2) is 0 Å². The molecule has 1 aliphatic heterocycles. The van der Waals surface area contributed by atoms with Crippen molar-refractivity contribution in [3.05, 3.63) is 54.6 Å². The molecule has 2 N–H and O–H groups in total. The predicted octanol–water partition coefficient (Wildman–Crippen LogP) is 0.565. The minimum absolute atomic E-state index is 0.0592. The van der Waals surface area contributed by atoms with Crippen LogP contribution in [0.5, 0.6) is 5.75 Å². The van der Waals surface area contributed by atoms with Gasteiger partial charge in [0.15, 0.2) is 6.54 Å². The molecule has 0 bridgehead atoms. The lowest BCUT2D eigenvalue weighted by atomic mass is 10.2. The second-order valence-corrected chi connectivity index (χ2v) is 6.09. The summed E-state index contributed by atoms with van der Waals surface area (Å²) in [6, 6.07) is 17.0. The molecular weight excluding hydrogens is 318 g/mol. The van der Waals surface area contributed by atoms with E-state index in [0.717, 1.165) is 16.3 Å². The smallest absolute Gasteiger partial charge is 0.282 e. The van der Waals surface area contributed by atoms with Crippen LogP contribution < -0.4 is 19.9 Å². The van der Waals surface area contributed by atoms with E-state index in [1.54, 1.807) is 11.0 Å². The zero-order chi connectivity index (χ0) is 17.6. The van der Waals surface area contributed by atoms with Gasteiger partial charge < -0.3 is 15.0 Å². The molecule has 3 rings (SSSR count). The minimum Gasteiger partial charge on any atom is -0.488 e. The predicted molar refractivity (Wildman–Crippen MR) is 96.0 cm³/mol. The third-order valence-electron chi connectivity index (χ3n) is 4.07. The van der Waals surface area contributed by atoms with Crippen LogP contribution in [0.2, 0.25) is 0 Å². The molecule has 2 amide bonds. The first kappa shape index (κ1) is 17.0. The highest BCUT2D eigenvalue weighted by atomic mass is 16.5. The van der Waals surface area contributed by atoms with Gasteiger partial charge in [0.05, 0.1) is 18.4 Å². The van der Waals surface area contributed by atoms with Crippen LogP contribution in [0.4, 0.5) is 11.4 Å². The molecule has 0 spiro atoms. The average Bonchev–Trinajstić information content (AvgIpc) is 2.61. The molecule has 0 saturated carbocycles. The Bertz CT molecular complexity index is 749. The Morgan fingerprint density at radius 2 is 1.88 bits per heavy atom. The number of hydrogen-bond donors (Lipinski definition) is 2. The molecule has 2 aromatic rings. The van der Waals surface area contributed by atoms with Crippen LogP contribution in [-0.2, 0) is 9.59 Å². The van der Waals surface area contributed by atoms with E-state index >= 15 is 0 Å². The van der Waals surface area contributed by atoms with E-state index < -0.39 is 0 Å². The van der Waals surface area contributed by atoms with Gasteiger partial charge in [-0.05, 0) is 24.3 Å². The number of para-hydroxylation sites is 3. The lowest BCUT2D eigenvalue weighted by Gasteiger charge is -2.29. The van der Waals surface area contributed by atoms with Crippen LogP contribution in [0.25, 0.3) is 0 Å². The summed E-state index contributed by atoms with van der Waals surface area (Å²) in [6.07, 6.45) is 0. The molecule has 1 heterocycles. The minimum atomic E-state index is -0.169. The van der Waals surface area contributed by atoms with Crippen molar-refractivity contribution in [2.75, 3.05) is 43.5 Å². The topological polar surface area (TPSA) is 63.1 Å². The SMILES string of the molecule is C[NH+](CCOc1ccccc1)CC(=O)N1CC(=O)Nc2ccccc21. The van der Waals surface area contributed by atoms with E-state index in [9.17, 15) is 9.59 Å². The van der Waals surface area contributed by atoms with Gasteiger partial charge in [-0.1, -0.05) is 30.3 Å². The van der Waals surface area contributed by atoms with Crippen molar-refractivity contribution in [3.63, 3.8) is 0 Å². The molecule has 0 aliphatic carbocycles. The van der Waals surface area contributed by atoms with Crippen LogP contribution in [0, 0.1) is 0 Å². The molecule has 6 nitrogen and oxygen atoms in total. The first-order valence-electron chi connectivity index (χ1n) is 8.32. The van der Waals surface area contributed by atoms with Gasteiger partial charge in [0, 0.05) is 0 Å². The number of anilines is 2. The van der Waals surface area contributed by atoms with Crippen molar-refractivity contribution < 1.29 is 19.2 Å². The molecule has 0 radical (unpaired) electrons. The van der Waals surface area contributed by atoms with Crippen LogP contribution in [0.3, 0.4) is 0 Å². The second kappa shape index (κ2) is 7.81. The molecule has 1 atom stereocenters.